The van der Waals surface area contributed by atoms with Gasteiger partial charge in [0.2, 0.25) is 0 Å². The number of nitrogens with zero attached hydrogens (tertiary/aromatic N) is 2. The van der Waals surface area contributed by atoms with Crippen molar-refractivity contribution in [3.63, 3.8) is 0 Å². The predicted octanol–water partition coefficient (Wildman–Crippen LogP) is 0.499. The van der Waals surface area contributed by atoms with Gasteiger partial charge in [-0.2, -0.15) is 0 Å². The number of aliphatic hydroxyl groups excluding tert-OH is 1. The summed E-state index contributed by atoms with van der Waals surface area (Å²) in [5.74, 6) is 0.958. The fourth-order valence-electron chi connectivity index (χ4n) is 2.51. The summed E-state index contributed by atoms with van der Waals surface area (Å²) in [7, 11) is 3.95. The van der Waals surface area contributed by atoms with E-state index >= 15 is 0 Å². The van der Waals surface area contributed by atoms with Crippen molar-refractivity contribution < 1.29 is 5.11 Å². The summed E-state index contributed by atoms with van der Waals surface area (Å²) in [4.78, 5) is 6.39. The Balaban J connectivity index is 2.39. The van der Waals surface area contributed by atoms with Gasteiger partial charge in [-0.25, -0.2) is 4.98 Å². The van der Waals surface area contributed by atoms with E-state index in [0.29, 0.717) is 6.54 Å². The summed E-state index contributed by atoms with van der Waals surface area (Å²) in [5.41, 5.74) is 6.96. The third-order valence-electron chi connectivity index (χ3n) is 3.43. The van der Waals surface area contributed by atoms with Crippen molar-refractivity contribution in [1.82, 2.24) is 4.98 Å². The molecule has 88 valence electrons. The Bertz CT molecular complexity index is 372. The molecule has 4 nitrogen and oxygen atoms in total. The second-order valence-electron chi connectivity index (χ2n) is 4.82. The lowest BCUT2D eigenvalue weighted by Crippen LogP contribution is -2.50. The zero-order valence-electron chi connectivity index (χ0n) is 9.85. The average Bonchev–Trinajstić information content (AvgIpc) is 2.24. The standard InChI is InChI=1S/C12H19N3O/c1-15(2)11-10(4-3-5-14-11)12(8-13)6-9(16)7-12/h3-5,9,16H,6-8,13H2,1-2H3. The molecule has 0 unspecified atom stereocenters. The molecule has 1 aliphatic rings. The normalized spacial score (nSPS) is 28.6. The Kier molecular flexibility index (Phi) is 2.86. The van der Waals surface area contributed by atoms with E-state index in [1.165, 1.54) is 0 Å². The van der Waals surface area contributed by atoms with Crippen molar-refractivity contribution in [1.29, 1.82) is 0 Å². The highest BCUT2D eigenvalue weighted by molar-refractivity contribution is 5.51. The third-order valence-corrected chi connectivity index (χ3v) is 3.43. The molecule has 0 atom stereocenters. The van der Waals surface area contributed by atoms with Crippen LogP contribution in [0, 0.1) is 0 Å². The van der Waals surface area contributed by atoms with Gasteiger partial charge >= 0.3 is 0 Å². The lowest BCUT2D eigenvalue weighted by atomic mass is 9.62. The van der Waals surface area contributed by atoms with Crippen molar-refractivity contribution >= 4 is 5.82 Å². The average molecular weight is 221 g/mol. The Labute approximate surface area is 96.1 Å². The van der Waals surface area contributed by atoms with E-state index < -0.39 is 0 Å². The van der Waals surface area contributed by atoms with Crippen LogP contribution >= 0.6 is 0 Å². The maximum Gasteiger partial charge on any atom is 0.131 e. The first-order valence-electron chi connectivity index (χ1n) is 5.60. The van der Waals surface area contributed by atoms with E-state index in [0.717, 1.165) is 24.2 Å². The van der Waals surface area contributed by atoms with Crippen molar-refractivity contribution in [2.24, 2.45) is 5.73 Å². The van der Waals surface area contributed by atoms with E-state index in [9.17, 15) is 5.11 Å². The topological polar surface area (TPSA) is 62.4 Å². The molecule has 4 heteroatoms. The zero-order chi connectivity index (χ0) is 11.8. The number of rotatable bonds is 3. The maximum absolute atomic E-state index is 9.52. The minimum absolute atomic E-state index is 0.0761. The van der Waals surface area contributed by atoms with Gasteiger partial charge in [-0.15, -0.1) is 0 Å². The van der Waals surface area contributed by atoms with E-state index in [-0.39, 0.29) is 11.5 Å². The van der Waals surface area contributed by atoms with Crippen molar-refractivity contribution in [2.45, 2.75) is 24.4 Å². The summed E-state index contributed by atoms with van der Waals surface area (Å²) >= 11 is 0. The molecule has 0 bridgehead atoms. The van der Waals surface area contributed by atoms with Gasteiger partial charge in [0.15, 0.2) is 0 Å². The van der Waals surface area contributed by atoms with Crippen LogP contribution < -0.4 is 10.6 Å². The summed E-state index contributed by atoms with van der Waals surface area (Å²) in [6.07, 6.45) is 3.07. The van der Waals surface area contributed by atoms with Crippen molar-refractivity contribution in [2.75, 3.05) is 25.5 Å². The van der Waals surface area contributed by atoms with Gasteiger partial charge in [0.1, 0.15) is 5.82 Å². The predicted molar refractivity (Wildman–Crippen MR) is 64.5 cm³/mol. The summed E-state index contributed by atoms with van der Waals surface area (Å²) in [6, 6.07) is 4.01. The number of pyridine rings is 1. The SMILES string of the molecule is CN(C)c1ncccc1C1(CN)CC(O)C1. The molecule has 1 saturated carbocycles. The fraction of sp³-hybridized carbons (Fsp3) is 0.583. The highest BCUT2D eigenvalue weighted by atomic mass is 16.3. The van der Waals surface area contributed by atoms with Crippen LogP contribution in [0.4, 0.5) is 5.82 Å². The van der Waals surface area contributed by atoms with Gasteiger partial charge in [-0.1, -0.05) is 6.07 Å². The monoisotopic (exact) mass is 221 g/mol. The molecule has 0 saturated heterocycles. The second kappa shape index (κ2) is 4.03. The van der Waals surface area contributed by atoms with E-state index in [1.54, 1.807) is 6.20 Å². The number of hydrogen-bond donors (Lipinski definition) is 2. The van der Waals surface area contributed by atoms with Gasteiger partial charge in [0.05, 0.1) is 6.10 Å². The highest BCUT2D eigenvalue weighted by Crippen LogP contribution is 2.45. The minimum atomic E-state index is -0.209. The molecule has 16 heavy (non-hydrogen) atoms. The van der Waals surface area contributed by atoms with Crippen molar-refractivity contribution in [3.8, 4) is 0 Å². The summed E-state index contributed by atoms with van der Waals surface area (Å²) < 4.78 is 0. The highest BCUT2D eigenvalue weighted by Gasteiger charge is 2.45. The van der Waals surface area contributed by atoms with Gasteiger partial charge in [-0.3, -0.25) is 0 Å². The Hall–Kier alpha value is -1.13. The molecule has 1 heterocycles. The molecule has 0 aromatic carbocycles. The van der Waals surface area contributed by atoms with Crippen LogP contribution in [0.25, 0.3) is 0 Å². The first kappa shape index (κ1) is 11.4. The van der Waals surface area contributed by atoms with Crippen LogP contribution in [0.15, 0.2) is 18.3 Å². The molecule has 3 N–H and O–H groups in total. The van der Waals surface area contributed by atoms with E-state index in [1.807, 2.05) is 25.1 Å². The number of hydrogen-bond acceptors (Lipinski definition) is 4. The number of nitrogens with two attached hydrogens (primary N) is 1. The third kappa shape index (κ3) is 1.68. The smallest absolute Gasteiger partial charge is 0.131 e. The first-order valence-corrected chi connectivity index (χ1v) is 5.60. The van der Waals surface area contributed by atoms with Gasteiger partial charge in [0, 0.05) is 37.8 Å². The summed E-state index contributed by atoms with van der Waals surface area (Å²) in [5, 5.41) is 9.52. The fourth-order valence-corrected chi connectivity index (χ4v) is 2.51. The van der Waals surface area contributed by atoms with Gasteiger partial charge in [-0.05, 0) is 18.9 Å². The molecule has 1 fully saturated rings. The molecule has 0 radical (unpaired) electrons. The first-order chi connectivity index (χ1) is 7.59. The molecular formula is C12H19N3O. The van der Waals surface area contributed by atoms with Crippen molar-refractivity contribution in [3.05, 3.63) is 23.9 Å². The number of aliphatic hydroxyl groups is 1. The van der Waals surface area contributed by atoms with Gasteiger partial charge in [0.25, 0.3) is 0 Å². The Morgan fingerprint density at radius 1 is 1.56 bits per heavy atom. The van der Waals surface area contributed by atoms with Crippen LogP contribution in [0.5, 0.6) is 0 Å². The van der Waals surface area contributed by atoms with Crippen LogP contribution in [0.3, 0.4) is 0 Å². The maximum atomic E-state index is 9.52. The quantitative estimate of drug-likeness (QED) is 0.780. The van der Waals surface area contributed by atoms with Gasteiger partial charge < -0.3 is 15.7 Å². The number of anilines is 1. The molecular weight excluding hydrogens is 202 g/mol. The minimum Gasteiger partial charge on any atom is -0.393 e. The molecule has 0 spiro atoms. The van der Waals surface area contributed by atoms with Crippen LogP contribution in [-0.4, -0.2) is 36.8 Å². The molecule has 1 aromatic rings. The Morgan fingerprint density at radius 2 is 2.25 bits per heavy atom. The largest absolute Gasteiger partial charge is 0.393 e. The van der Waals surface area contributed by atoms with E-state index in [2.05, 4.69) is 11.1 Å². The lowest BCUT2D eigenvalue weighted by molar-refractivity contribution is 0.0223. The summed E-state index contributed by atoms with van der Waals surface area (Å²) in [6.45, 7) is 0.566. The molecule has 1 aliphatic carbocycles. The molecule has 1 aromatic heterocycles. The Morgan fingerprint density at radius 3 is 2.75 bits per heavy atom. The van der Waals surface area contributed by atoms with Crippen LogP contribution in [0.1, 0.15) is 18.4 Å². The molecule has 0 amide bonds. The zero-order valence-corrected chi connectivity index (χ0v) is 9.85. The lowest BCUT2D eigenvalue weighted by Gasteiger charge is -2.46. The van der Waals surface area contributed by atoms with Crippen LogP contribution in [0.2, 0.25) is 0 Å². The molecule has 2 rings (SSSR count). The van der Waals surface area contributed by atoms with Crippen LogP contribution in [-0.2, 0) is 5.41 Å². The molecule has 0 aliphatic heterocycles. The second-order valence-corrected chi connectivity index (χ2v) is 4.82. The van der Waals surface area contributed by atoms with E-state index in [4.69, 9.17) is 5.73 Å². The number of aromatic nitrogens is 1.